The lowest BCUT2D eigenvalue weighted by atomic mass is 10.1. The van der Waals surface area contributed by atoms with Gasteiger partial charge >= 0.3 is 0 Å². The van der Waals surface area contributed by atoms with Gasteiger partial charge in [-0.25, -0.2) is 0 Å². The highest BCUT2D eigenvalue weighted by atomic mass is 32.2. The fourth-order valence-corrected chi connectivity index (χ4v) is 4.44. The second-order valence-electron chi connectivity index (χ2n) is 7.66. The molecule has 4 rings (SSSR count). The van der Waals surface area contributed by atoms with Gasteiger partial charge in [-0.05, 0) is 35.2 Å². The zero-order chi connectivity index (χ0) is 24.3. The van der Waals surface area contributed by atoms with Crippen LogP contribution in [0.4, 0.5) is 5.69 Å². The summed E-state index contributed by atoms with van der Waals surface area (Å²) in [6.45, 7) is 3.90. The van der Waals surface area contributed by atoms with E-state index in [2.05, 4.69) is 31.4 Å². The van der Waals surface area contributed by atoms with Crippen LogP contribution in [0.15, 0.2) is 78.6 Å². The molecule has 34 heavy (non-hydrogen) atoms. The molecule has 0 saturated heterocycles. The van der Waals surface area contributed by atoms with Crippen molar-refractivity contribution in [1.82, 2.24) is 24.8 Å². The van der Waals surface area contributed by atoms with Crippen molar-refractivity contribution in [2.75, 3.05) is 11.8 Å². The van der Waals surface area contributed by atoms with Gasteiger partial charge in [-0.2, -0.15) is 18.2 Å². The molecule has 0 aliphatic heterocycles. The molecule has 0 fully saturated rings. The topological polar surface area (TPSA) is 118 Å². The second-order valence-corrected chi connectivity index (χ2v) is 9.16. The Kier molecular flexibility index (Phi) is 6.44. The van der Waals surface area contributed by atoms with Crippen LogP contribution in [-0.2, 0) is 23.8 Å². The summed E-state index contributed by atoms with van der Waals surface area (Å²) < 4.78 is 31.6. The lowest BCUT2D eigenvalue weighted by Crippen LogP contribution is -2.29. The Morgan fingerprint density at radius 3 is 2.65 bits per heavy atom. The second kappa shape index (κ2) is 9.46. The molecule has 3 N–H and O–H groups in total. The van der Waals surface area contributed by atoms with Gasteiger partial charge in [0.1, 0.15) is 0 Å². The molecule has 2 aromatic heterocycles. The fraction of sp³-hybridized carbons (Fsp3) is 0.125. The van der Waals surface area contributed by atoms with Crippen LogP contribution in [0.25, 0.3) is 27.2 Å². The average molecular weight is 477 g/mol. The standard InChI is InChI=1S/C24H24N6O3S/c1-4-17(13-25-2)19-9-22-23(26-14-19)8-6-18-5-7-20(10-21(18)24(22)31)29-34(32,33)28-12-16-11-27-30(3)15-16/h4-11,13-15,25,28-29H,1,12H2,2-3H3/b17-13+. The minimum Gasteiger partial charge on any atom is -0.393 e. The highest BCUT2D eigenvalue weighted by Gasteiger charge is 2.12. The highest BCUT2D eigenvalue weighted by Crippen LogP contribution is 2.22. The van der Waals surface area contributed by atoms with Crippen molar-refractivity contribution in [3.8, 4) is 0 Å². The maximum atomic E-state index is 13.4. The number of hydrogen-bond acceptors (Lipinski definition) is 6. The molecule has 0 radical (unpaired) electrons. The van der Waals surface area contributed by atoms with Crippen molar-refractivity contribution in [3.05, 3.63) is 95.2 Å². The molecule has 2 heterocycles. The minimum atomic E-state index is -3.87. The number of benzene rings is 1. The van der Waals surface area contributed by atoms with E-state index in [9.17, 15) is 13.2 Å². The molecule has 0 unspecified atom stereocenters. The van der Waals surface area contributed by atoms with Crippen molar-refractivity contribution in [3.63, 3.8) is 0 Å². The molecule has 10 heteroatoms. The molecule has 174 valence electrons. The molecular weight excluding hydrogens is 452 g/mol. The third-order valence-corrected chi connectivity index (χ3v) is 6.24. The minimum absolute atomic E-state index is 0.0867. The number of nitrogens with one attached hydrogen (secondary N) is 3. The van der Waals surface area contributed by atoms with Crippen LogP contribution in [0.5, 0.6) is 0 Å². The van der Waals surface area contributed by atoms with Gasteiger partial charge in [0.2, 0.25) is 0 Å². The van der Waals surface area contributed by atoms with Crippen LogP contribution in [0.3, 0.4) is 0 Å². The van der Waals surface area contributed by atoms with Crippen LogP contribution in [0.2, 0.25) is 0 Å². The Hall–Kier alpha value is -4.02. The van der Waals surface area contributed by atoms with E-state index in [1.807, 2.05) is 0 Å². The van der Waals surface area contributed by atoms with Crippen molar-refractivity contribution in [2.24, 2.45) is 7.05 Å². The van der Waals surface area contributed by atoms with E-state index in [0.717, 1.165) is 16.7 Å². The quantitative estimate of drug-likeness (QED) is 0.337. The summed E-state index contributed by atoms with van der Waals surface area (Å²) in [6, 6.07) is 10.2. The van der Waals surface area contributed by atoms with Gasteiger partial charge < -0.3 is 5.32 Å². The van der Waals surface area contributed by atoms with E-state index in [0.29, 0.717) is 21.7 Å². The van der Waals surface area contributed by atoms with E-state index >= 15 is 0 Å². The first-order chi connectivity index (χ1) is 16.3. The maximum absolute atomic E-state index is 13.4. The van der Waals surface area contributed by atoms with Crippen LogP contribution in [-0.4, -0.2) is 30.2 Å². The third-order valence-electron chi connectivity index (χ3n) is 5.21. The number of pyridine rings is 1. The molecule has 0 bridgehead atoms. The van der Waals surface area contributed by atoms with Crippen LogP contribution in [0, 0.1) is 0 Å². The Morgan fingerprint density at radius 2 is 1.94 bits per heavy atom. The molecule has 0 aliphatic carbocycles. The van der Waals surface area contributed by atoms with Gasteiger partial charge in [0.15, 0.2) is 5.43 Å². The number of hydrogen-bond donors (Lipinski definition) is 3. The fourth-order valence-electron chi connectivity index (χ4n) is 3.57. The number of aryl methyl sites for hydroxylation is 1. The zero-order valence-corrected chi connectivity index (χ0v) is 19.6. The van der Waals surface area contributed by atoms with Crippen molar-refractivity contribution < 1.29 is 8.42 Å². The summed E-state index contributed by atoms with van der Waals surface area (Å²) in [5.74, 6) is 0. The number of rotatable bonds is 8. The van der Waals surface area contributed by atoms with E-state index < -0.39 is 10.2 Å². The van der Waals surface area contributed by atoms with E-state index in [1.165, 1.54) is 6.07 Å². The van der Waals surface area contributed by atoms with Crippen molar-refractivity contribution in [2.45, 2.75) is 6.54 Å². The maximum Gasteiger partial charge on any atom is 0.299 e. The summed E-state index contributed by atoms with van der Waals surface area (Å²) in [7, 11) is -0.339. The number of fused-ring (bicyclic) bond motifs is 2. The predicted molar refractivity (Wildman–Crippen MR) is 135 cm³/mol. The van der Waals surface area contributed by atoms with Gasteiger partial charge in [-0.1, -0.05) is 24.8 Å². The normalized spacial score (nSPS) is 12.1. The number of allylic oxidation sites excluding steroid dienone is 2. The first-order valence-corrected chi connectivity index (χ1v) is 11.9. The van der Waals surface area contributed by atoms with Crippen LogP contribution >= 0.6 is 0 Å². The van der Waals surface area contributed by atoms with E-state index in [1.54, 1.807) is 80.0 Å². The van der Waals surface area contributed by atoms with Crippen LogP contribution in [0.1, 0.15) is 11.1 Å². The lowest BCUT2D eigenvalue weighted by Gasteiger charge is -2.09. The van der Waals surface area contributed by atoms with Crippen LogP contribution < -0.4 is 20.2 Å². The first-order valence-electron chi connectivity index (χ1n) is 10.4. The highest BCUT2D eigenvalue weighted by molar-refractivity contribution is 7.90. The smallest absolute Gasteiger partial charge is 0.299 e. The number of anilines is 1. The Balaban J connectivity index is 1.72. The largest absolute Gasteiger partial charge is 0.393 e. The molecule has 0 atom stereocenters. The van der Waals surface area contributed by atoms with E-state index in [4.69, 9.17) is 0 Å². The molecule has 9 nitrogen and oxygen atoms in total. The Bertz CT molecular complexity index is 1590. The molecule has 2 aromatic carbocycles. The van der Waals surface area contributed by atoms with Gasteiger partial charge in [-0.15, -0.1) is 0 Å². The summed E-state index contributed by atoms with van der Waals surface area (Å²) >= 11 is 0. The molecule has 0 amide bonds. The predicted octanol–water partition coefficient (Wildman–Crippen LogP) is 2.67. The first kappa shape index (κ1) is 23.1. The monoisotopic (exact) mass is 476 g/mol. The van der Waals surface area contributed by atoms with Gasteiger partial charge in [0.05, 0.1) is 17.4 Å². The summed E-state index contributed by atoms with van der Waals surface area (Å²) in [4.78, 5) is 17.9. The van der Waals surface area contributed by atoms with Crippen molar-refractivity contribution in [1.29, 1.82) is 0 Å². The van der Waals surface area contributed by atoms with E-state index in [-0.39, 0.29) is 17.7 Å². The molecule has 0 aliphatic rings. The average Bonchev–Trinajstić information content (AvgIpc) is 3.19. The number of nitrogens with zero attached hydrogens (tertiary/aromatic N) is 3. The molecule has 0 spiro atoms. The Morgan fingerprint density at radius 1 is 1.15 bits per heavy atom. The zero-order valence-electron chi connectivity index (χ0n) is 18.7. The summed E-state index contributed by atoms with van der Waals surface area (Å²) in [5.41, 5.74) is 2.82. The summed E-state index contributed by atoms with van der Waals surface area (Å²) in [5, 5.41) is 8.44. The summed E-state index contributed by atoms with van der Waals surface area (Å²) in [6.07, 6.45) is 8.44. The SMILES string of the molecule is C=C/C(=C\NC)c1cnc2ccc3ccc(NS(=O)(=O)NCc4cnn(C)c4)cc3c(=O)c2c1. The Labute approximate surface area is 197 Å². The lowest BCUT2D eigenvalue weighted by molar-refractivity contribution is 0.587. The molecule has 0 saturated carbocycles. The van der Waals surface area contributed by atoms with Crippen molar-refractivity contribution >= 4 is 43.1 Å². The number of aromatic nitrogens is 3. The van der Waals surface area contributed by atoms with Gasteiger partial charge in [0.25, 0.3) is 10.2 Å². The van der Waals surface area contributed by atoms with Gasteiger partial charge in [-0.3, -0.25) is 19.2 Å². The molecule has 4 aromatic rings. The molecular formula is C24H24N6O3S. The third kappa shape index (κ3) is 4.98. The van der Waals surface area contributed by atoms with Gasteiger partial charge in [0, 0.05) is 61.1 Å².